The number of aromatic nitrogens is 1. The van der Waals surface area contributed by atoms with Gasteiger partial charge in [0.05, 0.1) is 17.7 Å². The van der Waals surface area contributed by atoms with Gasteiger partial charge in [-0.3, -0.25) is 9.59 Å². The third-order valence-corrected chi connectivity index (χ3v) is 3.35. The van der Waals surface area contributed by atoms with E-state index in [0.29, 0.717) is 17.2 Å². The van der Waals surface area contributed by atoms with Gasteiger partial charge >= 0.3 is 6.18 Å². The summed E-state index contributed by atoms with van der Waals surface area (Å²) in [6.07, 6.45) is -4.69. The highest BCUT2D eigenvalue weighted by Gasteiger charge is 2.32. The minimum absolute atomic E-state index is 0.413. The number of amides is 1. The highest BCUT2D eigenvalue weighted by molar-refractivity contribution is 5.94. The number of nitriles is 1. The van der Waals surface area contributed by atoms with Crippen LogP contribution in [-0.4, -0.2) is 10.9 Å². The highest BCUT2D eigenvalue weighted by atomic mass is 19.4. The molecular weight excluding hydrogens is 323 g/mol. The van der Waals surface area contributed by atoms with Gasteiger partial charge in [-0.05, 0) is 36.8 Å². The van der Waals surface area contributed by atoms with E-state index in [-0.39, 0.29) is 0 Å². The van der Waals surface area contributed by atoms with Crippen molar-refractivity contribution in [2.45, 2.75) is 19.1 Å². The van der Waals surface area contributed by atoms with Crippen LogP contribution in [0.25, 0.3) is 0 Å². The minimum Gasteiger partial charge on any atom is -0.345 e. The number of hydrogen-bond donors (Lipinski definition) is 2. The third kappa shape index (κ3) is 3.81. The number of nitrogens with zero attached hydrogens (tertiary/aromatic N) is 1. The van der Waals surface area contributed by atoms with Crippen LogP contribution < -0.4 is 10.9 Å². The quantitative estimate of drug-likeness (QED) is 0.904. The molecule has 2 N–H and O–H groups in total. The molecule has 0 fully saturated rings. The van der Waals surface area contributed by atoms with Gasteiger partial charge in [0.2, 0.25) is 0 Å². The Morgan fingerprint density at radius 2 is 1.83 bits per heavy atom. The number of nitrogens with one attached hydrogen (secondary N) is 2. The van der Waals surface area contributed by atoms with Gasteiger partial charge in [-0.2, -0.15) is 18.4 Å². The average molecular weight is 335 g/mol. The summed E-state index contributed by atoms with van der Waals surface area (Å²) in [7, 11) is 0. The number of alkyl halides is 3. The first-order chi connectivity index (χ1) is 11.2. The van der Waals surface area contributed by atoms with E-state index in [0.717, 1.165) is 6.07 Å². The van der Waals surface area contributed by atoms with Crippen molar-refractivity contribution < 1.29 is 18.0 Å². The summed E-state index contributed by atoms with van der Waals surface area (Å²) < 4.78 is 37.5. The Hall–Kier alpha value is -3.08. The van der Waals surface area contributed by atoms with Gasteiger partial charge in [-0.15, -0.1) is 0 Å². The van der Waals surface area contributed by atoms with E-state index in [1.807, 2.05) is 6.07 Å². The largest absolute Gasteiger partial charge is 0.431 e. The Kier molecular flexibility index (Phi) is 4.74. The van der Waals surface area contributed by atoms with Crippen LogP contribution in [0.5, 0.6) is 0 Å². The maximum absolute atomic E-state index is 12.5. The number of rotatable bonds is 3. The lowest BCUT2D eigenvalue weighted by Crippen LogP contribution is -2.32. The van der Waals surface area contributed by atoms with E-state index in [4.69, 9.17) is 5.26 Å². The Balaban J connectivity index is 2.17. The minimum atomic E-state index is -4.69. The zero-order valence-corrected chi connectivity index (χ0v) is 12.4. The first-order valence-corrected chi connectivity index (χ1v) is 6.84. The first kappa shape index (κ1) is 17.3. The molecule has 0 saturated carbocycles. The van der Waals surface area contributed by atoms with Crippen LogP contribution in [0.15, 0.2) is 41.2 Å². The molecule has 5 nitrogen and oxygen atoms in total. The molecule has 0 bridgehead atoms. The van der Waals surface area contributed by atoms with Gasteiger partial charge in [0.25, 0.3) is 11.5 Å². The predicted molar refractivity (Wildman–Crippen MR) is 79.1 cm³/mol. The zero-order valence-electron chi connectivity index (χ0n) is 12.4. The Bertz CT molecular complexity index is 849. The lowest BCUT2D eigenvalue weighted by Gasteiger charge is -2.14. The summed E-state index contributed by atoms with van der Waals surface area (Å²) >= 11 is 0. The molecule has 1 aromatic carbocycles. The molecule has 1 heterocycles. The van der Waals surface area contributed by atoms with Crippen LogP contribution in [0, 0.1) is 11.3 Å². The van der Waals surface area contributed by atoms with Crippen LogP contribution >= 0.6 is 0 Å². The van der Waals surface area contributed by atoms with Gasteiger partial charge < -0.3 is 10.3 Å². The number of hydrogen-bond acceptors (Lipinski definition) is 3. The second-order valence-corrected chi connectivity index (χ2v) is 5.04. The summed E-state index contributed by atoms with van der Waals surface area (Å²) in [6, 6.07) is 9.37. The van der Waals surface area contributed by atoms with Crippen molar-refractivity contribution in [1.82, 2.24) is 10.3 Å². The molecule has 1 aromatic heterocycles. The number of carbonyl (C=O) groups is 1. The number of aromatic amines is 1. The number of benzene rings is 1. The number of pyridine rings is 1. The van der Waals surface area contributed by atoms with Crippen molar-refractivity contribution in [3.05, 3.63) is 69.1 Å². The van der Waals surface area contributed by atoms with Crippen molar-refractivity contribution >= 4 is 5.91 Å². The van der Waals surface area contributed by atoms with E-state index in [1.165, 1.54) is 0 Å². The van der Waals surface area contributed by atoms with Crippen molar-refractivity contribution in [2.75, 3.05) is 0 Å². The van der Waals surface area contributed by atoms with E-state index in [2.05, 4.69) is 5.32 Å². The smallest absolute Gasteiger partial charge is 0.345 e. The molecular formula is C16H12F3N3O2. The molecule has 124 valence electrons. The van der Waals surface area contributed by atoms with E-state index in [1.54, 1.807) is 36.2 Å². The van der Waals surface area contributed by atoms with Crippen LogP contribution in [0.4, 0.5) is 13.2 Å². The number of carbonyl (C=O) groups excluding carboxylic acids is 1. The third-order valence-electron chi connectivity index (χ3n) is 3.35. The summed E-state index contributed by atoms with van der Waals surface area (Å²) in [5, 5.41) is 11.3. The summed E-state index contributed by atoms with van der Waals surface area (Å²) in [5.74, 6) is -0.790. The first-order valence-electron chi connectivity index (χ1n) is 6.84. The normalized spacial score (nSPS) is 12.3. The summed E-state index contributed by atoms with van der Waals surface area (Å²) in [5.41, 5.74) is -1.61. The zero-order chi connectivity index (χ0) is 17.9. The molecule has 0 aliphatic heterocycles. The van der Waals surface area contributed by atoms with Gasteiger partial charge in [-0.25, -0.2) is 0 Å². The second kappa shape index (κ2) is 6.58. The fourth-order valence-electron chi connectivity index (χ4n) is 2.02. The maximum atomic E-state index is 12.5. The van der Waals surface area contributed by atoms with Gasteiger partial charge in [0, 0.05) is 0 Å². The van der Waals surface area contributed by atoms with Crippen molar-refractivity contribution in [1.29, 1.82) is 5.26 Å². The molecule has 0 saturated heterocycles. The predicted octanol–water partition coefficient (Wildman–Crippen LogP) is 2.76. The van der Waals surface area contributed by atoms with Crippen LogP contribution in [0.2, 0.25) is 0 Å². The highest BCUT2D eigenvalue weighted by Crippen LogP contribution is 2.26. The van der Waals surface area contributed by atoms with Crippen LogP contribution in [0.3, 0.4) is 0 Å². The molecule has 2 aromatic rings. The molecule has 0 aliphatic rings. The van der Waals surface area contributed by atoms with Gasteiger partial charge in [-0.1, -0.05) is 12.1 Å². The van der Waals surface area contributed by atoms with Gasteiger partial charge in [0.1, 0.15) is 11.3 Å². The molecule has 0 unspecified atom stereocenters. The number of halogens is 3. The number of H-pyrrole nitrogens is 1. The molecule has 0 spiro atoms. The molecule has 1 amide bonds. The molecule has 2 rings (SSSR count). The van der Waals surface area contributed by atoms with Crippen molar-refractivity contribution in [3.8, 4) is 6.07 Å². The van der Waals surface area contributed by atoms with E-state index < -0.39 is 34.9 Å². The standard InChI is InChI=1S/C16H12F3N3O2/c1-9(11-4-2-10(8-20)3-5-11)21-14(23)12-6-7-13(16(17,18)19)22-15(12)24/h2-7,9H,1H3,(H,21,23)(H,22,24)/t9-/m1/s1. The molecule has 1 atom stereocenters. The lowest BCUT2D eigenvalue weighted by molar-refractivity contribution is -0.141. The van der Waals surface area contributed by atoms with Crippen LogP contribution in [-0.2, 0) is 6.18 Å². The SMILES string of the molecule is C[C@@H](NC(=O)c1ccc(C(F)(F)F)[nH]c1=O)c1ccc(C#N)cc1. The second-order valence-electron chi connectivity index (χ2n) is 5.04. The monoisotopic (exact) mass is 335 g/mol. The maximum Gasteiger partial charge on any atom is 0.431 e. The topological polar surface area (TPSA) is 85.8 Å². The van der Waals surface area contributed by atoms with Crippen LogP contribution in [0.1, 0.15) is 40.1 Å². The Morgan fingerprint density at radius 1 is 1.21 bits per heavy atom. The van der Waals surface area contributed by atoms with E-state index >= 15 is 0 Å². The molecule has 24 heavy (non-hydrogen) atoms. The molecule has 0 aliphatic carbocycles. The Morgan fingerprint density at radius 3 is 2.33 bits per heavy atom. The molecule has 8 heteroatoms. The average Bonchev–Trinajstić information content (AvgIpc) is 2.53. The summed E-state index contributed by atoms with van der Waals surface area (Å²) in [4.78, 5) is 25.4. The van der Waals surface area contributed by atoms with Crippen molar-refractivity contribution in [3.63, 3.8) is 0 Å². The fraction of sp³-hybridized carbons (Fsp3) is 0.188. The Labute approximate surface area is 134 Å². The molecule has 0 radical (unpaired) electrons. The van der Waals surface area contributed by atoms with Gasteiger partial charge in [0.15, 0.2) is 0 Å². The van der Waals surface area contributed by atoms with Crippen molar-refractivity contribution in [2.24, 2.45) is 0 Å². The lowest BCUT2D eigenvalue weighted by atomic mass is 10.1. The van der Waals surface area contributed by atoms with E-state index in [9.17, 15) is 22.8 Å². The fourth-order valence-corrected chi connectivity index (χ4v) is 2.02. The summed E-state index contributed by atoms with van der Waals surface area (Å²) in [6.45, 7) is 1.65.